The van der Waals surface area contributed by atoms with E-state index in [9.17, 15) is 9.18 Å². The lowest BCUT2D eigenvalue weighted by Crippen LogP contribution is -2.12. The van der Waals surface area contributed by atoms with E-state index in [1.54, 1.807) is 30.5 Å². The number of imidazole rings is 1. The van der Waals surface area contributed by atoms with Crippen molar-refractivity contribution in [2.45, 2.75) is 0 Å². The van der Waals surface area contributed by atoms with Gasteiger partial charge in [0, 0.05) is 36.1 Å². The Kier molecular flexibility index (Phi) is 4.49. The Bertz CT molecular complexity index is 1190. The van der Waals surface area contributed by atoms with E-state index in [1.807, 2.05) is 29.8 Å². The molecule has 6 nitrogen and oxygen atoms in total. The molecule has 0 aliphatic carbocycles. The topological polar surface area (TPSA) is 69.0 Å². The summed E-state index contributed by atoms with van der Waals surface area (Å²) < 4.78 is 20.6. The molecule has 1 N–H and O–H groups in total. The molecular weight excluding hydrogens is 359 g/mol. The van der Waals surface area contributed by atoms with Gasteiger partial charge in [-0.15, -0.1) is 0 Å². The number of anilines is 1. The van der Waals surface area contributed by atoms with E-state index in [2.05, 4.69) is 15.3 Å². The Balaban J connectivity index is 1.63. The third-order valence-corrected chi connectivity index (χ3v) is 4.42. The Morgan fingerprint density at radius 2 is 2.00 bits per heavy atom. The van der Waals surface area contributed by atoms with Gasteiger partial charge < -0.3 is 14.6 Å². The minimum atomic E-state index is -0.541. The molecule has 0 saturated carbocycles. The van der Waals surface area contributed by atoms with E-state index in [0.29, 0.717) is 17.1 Å². The van der Waals surface area contributed by atoms with Crippen LogP contribution in [0.4, 0.5) is 10.1 Å². The molecule has 0 fully saturated rings. The highest BCUT2D eigenvalue weighted by atomic mass is 19.1. The summed E-state index contributed by atoms with van der Waals surface area (Å²) >= 11 is 0. The zero-order valence-corrected chi connectivity index (χ0v) is 15.3. The number of ether oxygens (including phenoxy) is 1. The van der Waals surface area contributed by atoms with Crippen molar-refractivity contribution in [1.82, 2.24) is 14.5 Å². The quantitative estimate of drug-likeness (QED) is 0.584. The summed E-state index contributed by atoms with van der Waals surface area (Å²) in [6.45, 7) is 0. The van der Waals surface area contributed by atoms with Gasteiger partial charge >= 0.3 is 0 Å². The monoisotopic (exact) mass is 376 g/mol. The van der Waals surface area contributed by atoms with Gasteiger partial charge in [-0.2, -0.15) is 0 Å². The van der Waals surface area contributed by atoms with Gasteiger partial charge in [-0.3, -0.25) is 4.79 Å². The number of amides is 1. The summed E-state index contributed by atoms with van der Waals surface area (Å²) in [6.07, 6.45) is 1.71. The van der Waals surface area contributed by atoms with Crippen LogP contribution < -0.4 is 10.1 Å². The number of pyridine rings is 1. The summed E-state index contributed by atoms with van der Waals surface area (Å²) in [7, 11) is 3.27. The zero-order chi connectivity index (χ0) is 19.7. The second kappa shape index (κ2) is 7.11. The van der Waals surface area contributed by atoms with Crippen LogP contribution in [0.3, 0.4) is 0 Å². The summed E-state index contributed by atoms with van der Waals surface area (Å²) in [6, 6.07) is 15.1. The van der Waals surface area contributed by atoms with Crippen LogP contribution in [0.2, 0.25) is 0 Å². The maximum Gasteiger partial charge on any atom is 0.255 e. The number of aryl methyl sites for hydroxylation is 1. The van der Waals surface area contributed by atoms with E-state index >= 15 is 0 Å². The summed E-state index contributed by atoms with van der Waals surface area (Å²) in [4.78, 5) is 21.6. The molecule has 2 heterocycles. The highest BCUT2D eigenvalue weighted by Gasteiger charge is 2.14. The number of methoxy groups -OCH3 is 1. The second-order valence-electron chi connectivity index (χ2n) is 6.22. The van der Waals surface area contributed by atoms with E-state index < -0.39 is 5.82 Å². The lowest BCUT2D eigenvalue weighted by molar-refractivity contribution is 0.102. The third-order valence-electron chi connectivity index (χ3n) is 4.42. The first-order chi connectivity index (χ1) is 13.6. The number of nitrogens with one attached hydrogen (secondary N) is 1. The van der Waals surface area contributed by atoms with Gasteiger partial charge in [-0.25, -0.2) is 14.4 Å². The van der Waals surface area contributed by atoms with Crippen LogP contribution in [-0.2, 0) is 7.05 Å². The molecule has 7 heteroatoms. The van der Waals surface area contributed by atoms with Gasteiger partial charge in [0.05, 0.1) is 7.11 Å². The summed E-state index contributed by atoms with van der Waals surface area (Å²) in [5, 5.41) is 2.70. The van der Waals surface area contributed by atoms with Gasteiger partial charge in [-0.05, 0) is 36.4 Å². The van der Waals surface area contributed by atoms with Gasteiger partial charge in [0.25, 0.3) is 5.91 Å². The molecule has 0 bridgehead atoms. The predicted molar refractivity (Wildman–Crippen MR) is 105 cm³/mol. The first kappa shape index (κ1) is 17.7. The number of hydrogen-bond donors (Lipinski definition) is 1. The molecule has 0 saturated heterocycles. The van der Waals surface area contributed by atoms with Gasteiger partial charge in [-0.1, -0.05) is 12.1 Å². The number of rotatable bonds is 4. The van der Waals surface area contributed by atoms with Crippen LogP contribution >= 0.6 is 0 Å². The van der Waals surface area contributed by atoms with Crippen molar-refractivity contribution in [3.8, 4) is 17.1 Å². The number of hydrogen-bond acceptors (Lipinski definition) is 4. The maximum atomic E-state index is 13.8. The van der Waals surface area contributed by atoms with E-state index in [-0.39, 0.29) is 11.7 Å². The largest absolute Gasteiger partial charge is 0.494 e. The second-order valence-corrected chi connectivity index (χ2v) is 6.22. The molecule has 28 heavy (non-hydrogen) atoms. The van der Waals surface area contributed by atoms with Gasteiger partial charge in [0.15, 0.2) is 17.2 Å². The molecule has 2 aromatic carbocycles. The number of nitrogens with zero attached hydrogens (tertiary/aromatic N) is 3. The maximum absolute atomic E-state index is 13.8. The molecule has 0 aliphatic heterocycles. The van der Waals surface area contributed by atoms with Crippen LogP contribution in [0.15, 0.2) is 60.8 Å². The Labute approximate surface area is 160 Å². The van der Waals surface area contributed by atoms with E-state index in [0.717, 1.165) is 16.7 Å². The standard InChI is InChI=1S/C21H17FN4O2/c1-26-19(25-17-7-4-10-23-20(17)26)13-5-3-6-14(11-13)21(27)24-15-8-9-18(28-2)16(22)12-15/h3-12H,1-2H3,(H,24,27). The number of carbonyl (C=O) groups is 1. The molecule has 0 unspecified atom stereocenters. The summed E-state index contributed by atoms with van der Waals surface area (Å²) in [5.74, 6) is -0.0566. The molecule has 0 aliphatic rings. The lowest BCUT2D eigenvalue weighted by atomic mass is 10.1. The van der Waals surface area contributed by atoms with Crippen molar-refractivity contribution >= 4 is 22.8 Å². The van der Waals surface area contributed by atoms with Gasteiger partial charge in [0.1, 0.15) is 11.3 Å². The van der Waals surface area contributed by atoms with E-state index in [1.165, 1.54) is 19.2 Å². The average molecular weight is 376 g/mol. The molecule has 0 atom stereocenters. The normalized spacial score (nSPS) is 10.8. The highest BCUT2D eigenvalue weighted by Crippen LogP contribution is 2.24. The zero-order valence-electron chi connectivity index (χ0n) is 15.3. The van der Waals surface area contributed by atoms with E-state index in [4.69, 9.17) is 4.74 Å². The fourth-order valence-electron chi connectivity index (χ4n) is 3.03. The van der Waals surface area contributed by atoms with Crippen molar-refractivity contribution in [1.29, 1.82) is 0 Å². The number of benzene rings is 2. The van der Waals surface area contributed by atoms with Crippen LogP contribution in [0.1, 0.15) is 10.4 Å². The van der Waals surface area contributed by atoms with Gasteiger partial charge in [0.2, 0.25) is 0 Å². The molecule has 4 aromatic rings. The summed E-state index contributed by atoms with van der Waals surface area (Å²) in [5.41, 5.74) is 3.12. The molecule has 2 aromatic heterocycles. The van der Waals surface area contributed by atoms with Crippen molar-refractivity contribution < 1.29 is 13.9 Å². The molecular formula is C21H17FN4O2. The first-order valence-corrected chi connectivity index (χ1v) is 8.59. The average Bonchev–Trinajstić information content (AvgIpc) is 3.05. The van der Waals surface area contributed by atoms with Crippen molar-refractivity contribution in [2.75, 3.05) is 12.4 Å². The number of aromatic nitrogens is 3. The van der Waals surface area contributed by atoms with Crippen molar-refractivity contribution in [3.63, 3.8) is 0 Å². The van der Waals surface area contributed by atoms with Crippen LogP contribution in [0, 0.1) is 5.82 Å². The van der Waals surface area contributed by atoms with Crippen molar-refractivity contribution in [2.24, 2.45) is 7.05 Å². The molecule has 0 spiro atoms. The predicted octanol–water partition coefficient (Wildman–Crippen LogP) is 4.04. The minimum Gasteiger partial charge on any atom is -0.494 e. The molecule has 0 radical (unpaired) electrons. The fraction of sp³-hybridized carbons (Fsp3) is 0.0952. The number of carbonyl (C=O) groups excluding carboxylic acids is 1. The lowest BCUT2D eigenvalue weighted by Gasteiger charge is -2.09. The fourth-order valence-corrected chi connectivity index (χ4v) is 3.03. The van der Waals surface area contributed by atoms with Crippen LogP contribution in [0.25, 0.3) is 22.6 Å². The Morgan fingerprint density at radius 3 is 2.75 bits per heavy atom. The Morgan fingerprint density at radius 1 is 1.14 bits per heavy atom. The minimum absolute atomic E-state index is 0.121. The number of fused-ring (bicyclic) bond motifs is 1. The smallest absolute Gasteiger partial charge is 0.255 e. The molecule has 140 valence electrons. The molecule has 4 rings (SSSR count). The SMILES string of the molecule is COc1ccc(NC(=O)c2cccc(-c3nc4cccnc4n3C)c2)cc1F. The van der Waals surface area contributed by atoms with Crippen LogP contribution in [-0.4, -0.2) is 27.6 Å². The first-order valence-electron chi connectivity index (χ1n) is 8.59. The number of halogens is 1. The Hall–Kier alpha value is -3.74. The highest BCUT2D eigenvalue weighted by molar-refractivity contribution is 6.05. The van der Waals surface area contributed by atoms with Crippen LogP contribution in [0.5, 0.6) is 5.75 Å². The third kappa shape index (κ3) is 3.18. The molecule has 1 amide bonds. The van der Waals surface area contributed by atoms with Crippen molar-refractivity contribution in [3.05, 3.63) is 72.2 Å².